The Labute approximate surface area is 254 Å². The molecular weight excluding hydrogens is 616 g/mol. The zero-order chi connectivity index (χ0) is 22.5. The SMILES string of the molecule is Brc1ccc(-c2nc3cccc4n3c2CN(CCCCNCCNC2CCCCC2)C4)cc1.Cl.Cl.Cl.Cl. The predicted molar refractivity (Wildman–Crippen MR) is 168 cm³/mol. The minimum absolute atomic E-state index is 0. The number of hydrogen-bond donors (Lipinski definition) is 2. The minimum atomic E-state index is 0. The molecule has 0 saturated heterocycles. The lowest BCUT2D eigenvalue weighted by Gasteiger charge is -2.28. The summed E-state index contributed by atoms with van der Waals surface area (Å²) in [5.74, 6) is 0. The summed E-state index contributed by atoms with van der Waals surface area (Å²) in [5.41, 5.74) is 6.03. The number of rotatable bonds is 10. The van der Waals surface area contributed by atoms with E-state index in [-0.39, 0.29) is 49.6 Å². The Hall–Kier alpha value is -0.570. The summed E-state index contributed by atoms with van der Waals surface area (Å²) in [5, 5.41) is 7.35. The monoisotopic (exact) mass is 653 g/mol. The van der Waals surface area contributed by atoms with Gasteiger partial charge in [0.05, 0.1) is 11.4 Å². The Kier molecular flexibility index (Phi) is 16.0. The summed E-state index contributed by atoms with van der Waals surface area (Å²) in [4.78, 5) is 7.58. The predicted octanol–water partition coefficient (Wildman–Crippen LogP) is 7.06. The van der Waals surface area contributed by atoms with E-state index in [9.17, 15) is 0 Å². The molecule has 0 radical (unpaired) electrons. The van der Waals surface area contributed by atoms with Crippen LogP contribution in [0.1, 0.15) is 56.3 Å². The Morgan fingerprint density at radius 1 is 0.838 bits per heavy atom. The number of benzene rings is 1. The minimum Gasteiger partial charge on any atom is -0.315 e. The smallest absolute Gasteiger partial charge is 0.137 e. The molecule has 1 aliphatic heterocycles. The summed E-state index contributed by atoms with van der Waals surface area (Å²) in [6.07, 6.45) is 9.42. The summed E-state index contributed by atoms with van der Waals surface area (Å²) < 4.78 is 3.47. The van der Waals surface area contributed by atoms with Gasteiger partial charge in [-0.15, -0.1) is 49.6 Å². The molecule has 0 spiro atoms. The van der Waals surface area contributed by atoms with E-state index >= 15 is 0 Å². The number of halogens is 5. The number of pyridine rings is 1. The number of unbranched alkanes of at least 4 members (excludes halogenated alkanes) is 1. The third-order valence-electron chi connectivity index (χ3n) is 7.11. The molecule has 0 bridgehead atoms. The molecule has 208 valence electrons. The first kappa shape index (κ1) is 34.5. The highest BCUT2D eigenvalue weighted by molar-refractivity contribution is 9.10. The molecule has 5 rings (SSSR count). The van der Waals surface area contributed by atoms with Crippen LogP contribution >= 0.6 is 65.6 Å². The van der Waals surface area contributed by atoms with E-state index in [0.29, 0.717) is 0 Å². The Bertz CT molecular complexity index is 1060. The fourth-order valence-corrected chi connectivity index (χ4v) is 5.63. The summed E-state index contributed by atoms with van der Waals surface area (Å²) in [6.45, 7) is 6.38. The van der Waals surface area contributed by atoms with Crippen molar-refractivity contribution in [1.82, 2.24) is 24.9 Å². The quantitative estimate of drug-likeness (QED) is 0.230. The molecule has 5 nitrogen and oxygen atoms in total. The van der Waals surface area contributed by atoms with E-state index < -0.39 is 0 Å². The maximum atomic E-state index is 5.00. The molecule has 1 aromatic carbocycles. The molecule has 0 atom stereocenters. The second-order valence-electron chi connectivity index (χ2n) is 9.58. The van der Waals surface area contributed by atoms with Crippen LogP contribution in [0, 0.1) is 0 Å². The summed E-state index contributed by atoms with van der Waals surface area (Å²) in [7, 11) is 0. The van der Waals surface area contributed by atoms with Crippen molar-refractivity contribution < 1.29 is 0 Å². The van der Waals surface area contributed by atoms with Crippen LogP contribution in [0.2, 0.25) is 0 Å². The standard InChI is InChI=1S/C27H36BrN5.4ClH/c28-22-13-11-21(12-14-22)27-25-20-32(19-24-9-6-10-26(31-27)33(24)25)18-5-4-15-29-16-17-30-23-7-2-1-3-8-23;;;;/h6,9-14,23,29-30H,1-5,7-8,15-20H2;4*1H. The topological polar surface area (TPSA) is 44.6 Å². The zero-order valence-corrected chi connectivity index (χ0v) is 26.0. The van der Waals surface area contributed by atoms with Gasteiger partial charge >= 0.3 is 0 Å². The first-order valence-corrected chi connectivity index (χ1v) is 13.5. The lowest BCUT2D eigenvalue weighted by Crippen LogP contribution is -2.36. The molecule has 0 unspecified atom stereocenters. The first-order chi connectivity index (χ1) is 16.3. The highest BCUT2D eigenvalue weighted by Gasteiger charge is 2.23. The van der Waals surface area contributed by atoms with E-state index in [0.717, 1.165) is 61.1 Å². The molecule has 0 amide bonds. The van der Waals surface area contributed by atoms with Gasteiger partial charge in [0.2, 0.25) is 0 Å². The lowest BCUT2D eigenvalue weighted by molar-refractivity contribution is 0.230. The van der Waals surface area contributed by atoms with Gasteiger partial charge in [-0.25, -0.2) is 4.98 Å². The van der Waals surface area contributed by atoms with Crippen LogP contribution in [0.3, 0.4) is 0 Å². The van der Waals surface area contributed by atoms with Crippen LogP contribution in [0.15, 0.2) is 46.9 Å². The van der Waals surface area contributed by atoms with Gasteiger partial charge in [-0.05, 0) is 63.0 Å². The van der Waals surface area contributed by atoms with Crippen molar-refractivity contribution in [3.8, 4) is 11.3 Å². The van der Waals surface area contributed by atoms with Gasteiger partial charge in [0, 0.05) is 48.0 Å². The molecule has 10 heteroatoms. The third-order valence-corrected chi connectivity index (χ3v) is 7.64. The average Bonchev–Trinajstić information content (AvgIpc) is 3.22. The van der Waals surface area contributed by atoms with E-state index in [1.54, 1.807) is 0 Å². The molecule has 1 fully saturated rings. The van der Waals surface area contributed by atoms with Gasteiger partial charge in [-0.3, -0.25) is 9.30 Å². The van der Waals surface area contributed by atoms with Crippen LogP contribution in [-0.4, -0.2) is 46.5 Å². The fourth-order valence-electron chi connectivity index (χ4n) is 5.37. The number of aromatic nitrogens is 2. The Balaban J connectivity index is 0.00000171. The molecule has 3 aromatic rings. The van der Waals surface area contributed by atoms with Gasteiger partial charge in [0.1, 0.15) is 5.65 Å². The second-order valence-corrected chi connectivity index (χ2v) is 10.5. The maximum absolute atomic E-state index is 5.00. The average molecular weight is 656 g/mol. The second kappa shape index (κ2) is 17.2. The molecule has 2 aliphatic rings. The van der Waals surface area contributed by atoms with Crippen LogP contribution in [0.5, 0.6) is 0 Å². The number of imidazole rings is 1. The third kappa shape index (κ3) is 8.97. The Morgan fingerprint density at radius 3 is 2.35 bits per heavy atom. The van der Waals surface area contributed by atoms with E-state index in [1.165, 1.54) is 61.9 Å². The van der Waals surface area contributed by atoms with E-state index in [1.807, 2.05) is 0 Å². The van der Waals surface area contributed by atoms with Crippen LogP contribution < -0.4 is 10.6 Å². The van der Waals surface area contributed by atoms with Gasteiger partial charge < -0.3 is 10.6 Å². The van der Waals surface area contributed by atoms with Crippen molar-refractivity contribution in [3.05, 3.63) is 58.3 Å². The van der Waals surface area contributed by atoms with E-state index in [4.69, 9.17) is 4.98 Å². The van der Waals surface area contributed by atoms with Gasteiger partial charge in [0.15, 0.2) is 0 Å². The molecule has 2 aromatic heterocycles. The van der Waals surface area contributed by atoms with Crippen LogP contribution in [0.25, 0.3) is 16.9 Å². The highest BCUT2D eigenvalue weighted by atomic mass is 79.9. The van der Waals surface area contributed by atoms with Crippen molar-refractivity contribution in [3.63, 3.8) is 0 Å². The van der Waals surface area contributed by atoms with Crippen LogP contribution in [-0.2, 0) is 13.1 Å². The lowest BCUT2D eigenvalue weighted by atomic mass is 9.95. The van der Waals surface area contributed by atoms with Gasteiger partial charge in [0.25, 0.3) is 0 Å². The van der Waals surface area contributed by atoms with Crippen molar-refractivity contribution in [2.75, 3.05) is 26.2 Å². The van der Waals surface area contributed by atoms with Gasteiger partial charge in [-0.2, -0.15) is 0 Å². The van der Waals surface area contributed by atoms with Crippen molar-refractivity contribution in [1.29, 1.82) is 0 Å². The first-order valence-electron chi connectivity index (χ1n) is 12.7. The number of hydrogen-bond acceptors (Lipinski definition) is 4. The summed E-state index contributed by atoms with van der Waals surface area (Å²) in [6, 6.07) is 15.8. The molecule has 3 heterocycles. The van der Waals surface area contributed by atoms with Crippen molar-refractivity contribution in [2.45, 2.75) is 64.1 Å². The molecule has 2 N–H and O–H groups in total. The number of nitrogens with zero attached hydrogens (tertiary/aromatic N) is 3. The van der Waals surface area contributed by atoms with Crippen molar-refractivity contribution >= 4 is 71.2 Å². The number of nitrogens with one attached hydrogen (secondary N) is 2. The van der Waals surface area contributed by atoms with E-state index in [2.05, 4.69) is 78.3 Å². The molecule has 1 saturated carbocycles. The molecular formula is C27H40BrCl4N5. The summed E-state index contributed by atoms with van der Waals surface area (Å²) >= 11 is 3.55. The van der Waals surface area contributed by atoms with Crippen LogP contribution in [0.4, 0.5) is 0 Å². The Morgan fingerprint density at radius 2 is 1.59 bits per heavy atom. The van der Waals surface area contributed by atoms with Gasteiger partial charge in [-0.1, -0.05) is 53.4 Å². The highest BCUT2D eigenvalue weighted by Crippen LogP contribution is 2.31. The molecule has 37 heavy (non-hydrogen) atoms. The maximum Gasteiger partial charge on any atom is 0.137 e. The largest absolute Gasteiger partial charge is 0.315 e. The normalized spacial score (nSPS) is 15.3. The zero-order valence-electron chi connectivity index (χ0n) is 21.2. The molecule has 1 aliphatic carbocycles. The fraction of sp³-hybridized carbons (Fsp3) is 0.519. The van der Waals surface area contributed by atoms with Crippen molar-refractivity contribution in [2.24, 2.45) is 0 Å².